The Morgan fingerprint density at radius 3 is 2.90 bits per heavy atom. The maximum Gasteiger partial charge on any atom is 0.313 e. The lowest BCUT2D eigenvalue weighted by Gasteiger charge is -2.12. The first-order valence-corrected chi connectivity index (χ1v) is 7.17. The molecule has 0 radical (unpaired) electrons. The predicted molar refractivity (Wildman–Crippen MR) is 77.0 cm³/mol. The highest BCUT2D eigenvalue weighted by molar-refractivity contribution is 7.99. The number of aliphatic carboxylic acids is 1. The molecular weight excluding hydrogens is 278 g/mol. The van der Waals surface area contributed by atoms with Gasteiger partial charge in [-0.05, 0) is 18.1 Å². The molecule has 0 saturated carbocycles. The Bertz CT molecular complexity index is 697. The van der Waals surface area contributed by atoms with Gasteiger partial charge in [-0.1, -0.05) is 25.6 Å². The lowest BCUT2D eigenvalue weighted by atomic mass is 10.2. The molecule has 0 bridgehead atoms. The van der Waals surface area contributed by atoms with Crippen molar-refractivity contribution >= 4 is 28.9 Å². The van der Waals surface area contributed by atoms with Gasteiger partial charge in [-0.15, -0.1) is 0 Å². The molecule has 2 heterocycles. The first kappa shape index (κ1) is 14.5. The number of nitrogens with zero attached hydrogens (tertiary/aromatic N) is 3. The number of hydrogen-bond acceptors (Lipinski definition) is 5. The van der Waals surface area contributed by atoms with Gasteiger partial charge in [-0.3, -0.25) is 14.2 Å². The second kappa shape index (κ2) is 6.04. The molecule has 106 valence electrons. The van der Waals surface area contributed by atoms with E-state index < -0.39 is 5.97 Å². The summed E-state index contributed by atoms with van der Waals surface area (Å²) in [6.07, 6.45) is 1.62. The van der Waals surface area contributed by atoms with Crippen molar-refractivity contribution in [2.24, 2.45) is 5.92 Å². The molecule has 2 aromatic heterocycles. The lowest BCUT2D eigenvalue weighted by molar-refractivity contribution is -0.133. The van der Waals surface area contributed by atoms with Crippen LogP contribution < -0.4 is 5.56 Å². The molecule has 0 aromatic carbocycles. The van der Waals surface area contributed by atoms with Crippen LogP contribution in [0.25, 0.3) is 11.2 Å². The number of fused-ring (bicyclic) bond motifs is 1. The van der Waals surface area contributed by atoms with E-state index in [9.17, 15) is 9.59 Å². The highest BCUT2D eigenvalue weighted by Crippen LogP contribution is 2.15. The first-order chi connectivity index (χ1) is 9.49. The maximum atomic E-state index is 12.4. The van der Waals surface area contributed by atoms with E-state index in [1.165, 1.54) is 0 Å². The van der Waals surface area contributed by atoms with Crippen molar-refractivity contribution in [3.63, 3.8) is 0 Å². The largest absolute Gasteiger partial charge is 0.481 e. The van der Waals surface area contributed by atoms with Crippen molar-refractivity contribution in [3.8, 4) is 0 Å². The number of hydrogen-bond donors (Lipinski definition) is 1. The number of pyridine rings is 1. The van der Waals surface area contributed by atoms with E-state index in [0.717, 1.165) is 11.8 Å². The summed E-state index contributed by atoms with van der Waals surface area (Å²) < 4.78 is 1.57. The fourth-order valence-electron chi connectivity index (χ4n) is 1.81. The molecule has 1 N–H and O–H groups in total. The van der Waals surface area contributed by atoms with Crippen molar-refractivity contribution in [1.82, 2.24) is 14.5 Å². The Morgan fingerprint density at radius 2 is 2.25 bits per heavy atom. The van der Waals surface area contributed by atoms with Crippen molar-refractivity contribution in [1.29, 1.82) is 0 Å². The molecule has 7 heteroatoms. The Kier molecular flexibility index (Phi) is 4.39. The average Bonchev–Trinajstić information content (AvgIpc) is 2.39. The summed E-state index contributed by atoms with van der Waals surface area (Å²) in [6.45, 7) is 4.53. The SMILES string of the molecule is CC(C)Cn1c(=O)c(SCC(=O)O)nc2cccnc21. The smallest absolute Gasteiger partial charge is 0.313 e. The highest BCUT2D eigenvalue weighted by Gasteiger charge is 2.14. The van der Waals surface area contributed by atoms with Crippen LogP contribution in [0.3, 0.4) is 0 Å². The van der Waals surface area contributed by atoms with E-state index in [1.54, 1.807) is 22.9 Å². The zero-order valence-electron chi connectivity index (χ0n) is 11.2. The third-order valence-electron chi connectivity index (χ3n) is 2.55. The van der Waals surface area contributed by atoms with Crippen molar-refractivity contribution in [2.75, 3.05) is 5.75 Å². The van der Waals surface area contributed by atoms with Crippen LogP contribution in [0.1, 0.15) is 13.8 Å². The second-order valence-electron chi connectivity index (χ2n) is 4.76. The normalized spacial score (nSPS) is 11.2. The number of carboxylic acids is 1. The van der Waals surface area contributed by atoms with Gasteiger partial charge in [-0.25, -0.2) is 9.97 Å². The van der Waals surface area contributed by atoms with Crippen LogP contribution >= 0.6 is 11.8 Å². The standard InChI is InChI=1S/C13H15N3O3S/c1-8(2)6-16-11-9(4-3-5-14-11)15-12(13(16)19)20-7-10(17)18/h3-5,8H,6-7H2,1-2H3,(H,17,18). The van der Waals surface area contributed by atoms with Crippen LogP contribution in [0.5, 0.6) is 0 Å². The van der Waals surface area contributed by atoms with Crippen LogP contribution in [0.4, 0.5) is 0 Å². The van der Waals surface area contributed by atoms with Gasteiger partial charge < -0.3 is 5.11 Å². The number of carbonyl (C=O) groups is 1. The second-order valence-corrected chi connectivity index (χ2v) is 5.72. The molecule has 0 aliphatic rings. The van der Waals surface area contributed by atoms with Gasteiger partial charge in [0, 0.05) is 12.7 Å². The van der Waals surface area contributed by atoms with Gasteiger partial charge in [0.1, 0.15) is 5.52 Å². The van der Waals surface area contributed by atoms with E-state index >= 15 is 0 Å². The molecule has 0 aliphatic carbocycles. The zero-order valence-corrected chi connectivity index (χ0v) is 12.1. The molecule has 0 spiro atoms. The molecule has 20 heavy (non-hydrogen) atoms. The summed E-state index contributed by atoms with van der Waals surface area (Å²) in [4.78, 5) is 31.4. The van der Waals surface area contributed by atoms with Gasteiger partial charge in [0.25, 0.3) is 5.56 Å². The fraction of sp³-hybridized carbons (Fsp3) is 0.385. The first-order valence-electron chi connectivity index (χ1n) is 6.19. The molecule has 0 atom stereocenters. The Hall–Kier alpha value is -1.89. The summed E-state index contributed by atoms with van der Waals surface area (Å²) >= 11 is 0.939. The quantitative estimate of drug-likeness (QED) is 0.843. The van der Waals surface area contributed by atoms with Gasteiger partial charge >= 0.3 is 5.97 Å². The maximum absolute atomic E-state index is 12.4. The summed E-state index contributed by atoms with van der Waals surface area (Å²) in [5.74, 6) is -0.883. The summed E-state index contributed by atoms with van der Waals surface area (Å²) in [7, 11) is 0. The summed E-state index contributed by atoms with van der Waals surface area (Å²) in [5.41, 5.74) is 0.850. The Balaban J connectivity index is 2.56. The molecule has 0 fully saturated rings. The van der Waals surface area contributed by atoms with Crippen LogP contribution in [0, 0.1) is 5.92 Å². The molecule has 2 aromatic rings. The van der Waals surface area contributed by atoms with Gasteiger partial charge in [0.05, 0.1) is 5.75 Å². The minimum absolute atomic E-state index is 0.185. The average molecular weight is 293 g/mol. The van der Waals surface area contributed by atoms with E-state index in [2.05, 4.69) is 9.97 Å². The number of rotatable bonds is 5. The third-order valence-corrected chi connectivity index (χ3v) is 3.48. The molecule has 0 unspecified atom stereocenters. The predicted octanol–water partition coefficient (Wildman–Crippen LogP) is 1.62. The van der Waals surface area contributed by atoms with Crippen molar-refractivity contribution in [2.45, 2.75) is 25.4 Å². The topological polar surface area (TPSA) is 85.1 Å². The van der Waals surface area contributed by atoms with Crippen LogP contribution in [-0.2, 0) is 11.3 Å². The Labute approximate surface area is 119 Å². The minimum Gasteiger partial charge on any atom is -0.481 e. The highest BCUT2D eigenvalue weighted by atomic mass is 32.2. The molecular formula is C13H15N3O3S. The molecule has 0 saturated heterocycles. The van der Waals surface area contributed by atoms with Crippen LogP contribution in [-0.4, -0.2) is 31.4 Å². The Morgan fingerprint density at radius 1 is 1.50 bits per heavy atom. The zero-order chi connectivity index (χ0) is 14.7. The van der Waals surface area contributed by atoms with E-state index in [4.69, 9.17) is 5.11 Å². The van der Waals surface area contributed by atoms with E-state index in [1.807, 2.05) is 13.8 Å². The molecule has 2 rings (SSSR count). The van der Waals surface area contributed by atoms with Crippen molar-refractivity contribution in [3.05, 3.63) is 28.7 Å². The van der Waals surface area contributed by atoms with Gasteiger partial charge in [0.2, 0.25) is 0 Å². The van der Waals surface area contributed by atoms with Gasteiger partial charge in [0.15, 0.2) is 10.7 Å². The summed E-state index contributed by atoms with van der Waals surface area (Å²) in [6, 6.07) is 3.51. The fourth-order valence-corrected chi connectivity index (χ4v) is 2.47. The molecule has 0 aliphatic heterocycles. The van der Waals surface area contributed by atoms with Crippen LogP contribution in [0.15, 0.2) is 28.2 Å². The van der Waals surface area contributed by atoms with E-state index in [0.29, 0.717) is 17.7 Å². The van der Waals surface area contributed by atoms with Crippen LogP contribution in [0.2, 0.25) is 0 Å². The number of aromatic nitrogens is 3. The monoisotopic (exact) mass is 293 g/mol. The van der Waals surface area contributed by atoms with Crippen molar-refractivity contribution < 1.29 is 9.90 Å². The number of thioether (sulfide) groups is 1. The van der Waals surface area contributed by atoms with Gasteiger partial charge in [-0.2, -0.15) is 0 Å². The number of carboxylic acid groups (broad SMARTS) is 1. The molecule has 6 nitrogen and oxygen atoms in total. The molecule has 0 amide bonds. The lowest BCUT2D eigenvalue weighted by Crippen LogP contribution is -2.26. The summed E-state index contributed by atoms with van der Waals surface area (Å²) in [5, 5.41) is 8.93. The minimum atomic E-state index is -0.974. The third kappa shape index (κ3) is 3.16. The van der Waals surface area contributed by atoms with E-state index in [-0.39, 0.29) is 22.3 Å².